The number of carbonyl (C=O) groups is 1. The summed E-state index contributed by atoms with van der Waals surface area (Å²) in [5, 5.41) is 17.4. The van der Waals surface area contributed by atoms with Crippen molar-refractivity contribution in [2.45, 2.75) is 49.6 Å². The van der Waals surface area contributed by atoms with Crippen LogP contribution in [0.5, 0.6) is 0 Å². The molecule has 0 spiro atoms. The Balaban J connectivity index is 2.11. The molecular weight excluding hydrogens is 280 g/mol. The Kier molecular flexibility index (Phi) is 4.50. The number of aromatic nitrogens is 2. The van der Waals surface area contributed by atoms with Crippen LogP contribution >= 0.6 is 23.1 Å². The molecule has 2 rings (SSSR count). The van der Waals surface area contributed by atoms with Gasteiger partial charge in [-0.25, -0.2) is 0 Å². The van der Waals surface area contributed by atoms with E-state index >= 15 is 0 Å². The minimum absolute atomic E-state index is 0.114. The van der Waals surface area contributed by atoms with Crippen molar-refractivity contribution in [2.24, 2.45) is 17.3 Å². The summed E-state index contributed by atoms with van der Waals surface area (Å²) in [4.78, 5) is 11.4. The number of carboxylic acid groups (broad SMARTS) is 1. The van der Waals surface area contributed by atoms with Crippen molar-refractivity contribution in [1.82, 2.24) is 10.2 Å². The normalized spacial score (nSPS) is 28.3. The first-order valence-corrected chi connectivity index (χ1v) is 8.29. The van der Waals surface area contributed by atoms with Crippen LogP contribution in [-0.4, -0.2) is 26.5 Å². The number of hydrogen-bond acceptors (Lipinski definition) is 5. The molecule has 0 aromatic carbocycles. The quantitative estimate of drug-likeness (QED) is 0.925. The van der Waals surface area contributed by atoms with Gasteiger partial charge in [0.25, 0.3) is 0 Å². The molecule has 0 bridgehead atoms. The fourth-order valence-corrected chi connectivity index (χ4v) is 4.77. The first-order valence-electron chi connectivity index (χ1n) is 6.53. The van der Waals surface area contributed by atoms with Crippen LogP contribution in [0.15, 0.2) is 9.85 Å². The zero-order valence-corrected chi connectivity index (χ0v) is 13.1. The van der Waals surface area contributed by atoms with Crippen LogP contribution in [0.2, 0.25) is 0 Å². The van der Waals surface area contributed by atoms with Crippen LogP contribution in [0, 0.1) is 17.3 Å². The Morgan fingerprint density at radius 1 is 1.47 bits per heavy atom. The summed E-state index contributed by atoms with van der Waals surface area (Å²) in [6.45, 7) is 6.72. The molecule has 1 N–H and O–H groups in total. The van der Waals surface area contributed by atoms with E-state index in [1.807, 2.05) is 0 Å². The third-order valence-corrected chi connectivity index (χ3v) is 6.09. The lowest BCUT2D eigenvalue weighted by Gasteiger charge is -2.39. The van der Waals surface area contributed by atoms with Gasteiger partial charge in [-0.3, -0.25) is 4.79 Å². The lowest BCUT2D eigenvalue weighted by molar-refractivity contribution is -0.143. The molecule has 3 atom stereocenters. The van der Waals surface area contributed by atoms with Crippen molar-refractivity contribution in [3.05, 3.63) is 5.51 Å². The highest BCUT2D eigenvalue weighted by molar-refractivity contribution is 8.01. The molecule has 1 fully saturated rings. The molecule has 19 heavy (non-hydrogen) atoms. The molecule has 1 heterocycles. The molecule has 0 aliphatic heterocycles. The zero-order chi connectivity index (χ0) is 14.0. The molecule has 0 radical (unpaired) electrons. The maximum atomic E-state index is 11.4. The molecule has 0 amide bonds. The van der Waals surface area contributed by atoms with E-state index < -0.39 is 5.97 Å². The number of thioether (sulfide) groups is 1. The number of carboxylic acids is 1. The van der Waals surface area contributed by atoms with E-state index in [0.29, 0.717) is 5.92 Å². The lowest BCUT2D eigenvalue weighted by atomic mass is 9.69. The minimum atomic E-state index is -0.672. The van der Waals surface area contributed by atoms with Gasteiger partial charge in [0.05, 0.1) is 5.92 Å². The maximum absolute atomic E-state index is 11.4. The molecule has 1 aromatic heterocycles. The predicted molar refractivity (Wildman–Crippen MR) is 77.5 cm³/mol. The van der Waals surface area contributed by atoms with Gasteiger partial charge in [0.2, 0.25) is 0 Å². The summed E-state index contributed by atoms with van der Waals surface area (Å²) in [5.74, 6) is -0.351. The van der Waals surface area contributed by atoms with Crippen molar-refractivity contribution >= 4 is 29.1 Å². The van der Waals surface area contributed by atoms with E-state index in [4.69, 9.17) is 0 Å². The first-order chi connectivity index (χ1) is 8.88. The summed E-state index contributed by atoms with van der Waals surface area (Å²) in [5.41, 5.74) is 1.94. The second-order valence-corrected chi connectivity index (χ2v) is 8.50. The zero-order valence-electron chi connectivity index (χ0n) is 11.5. The van der Waals surface area contributed by atoms with E-state index in [2.05, 4.69) is 31.0 Å². The lowest BCUT2D eigenvalue weighted by Crippen LogP contribution is -2.37. The Morgan fingerprint density at radius 2 is 2.21 bits per heavy atom. The number of rotatable bonds is 3. The Bertz CT molecular complexity index is 428. The van der Waals surface area contributed by atoms with E-state index in [-0.39, 0.29) is 16.6 Å². The topological polar surface area (TPSA) is 63.1 Å². The Labute approximate surface area is 122 Å². The number of hydrogen-bond donors (Lipinski definition) is 1. The summed E-state index contributed by atoms with van der Waals surface area (Å²) in [6, 6.07) is 0. The standard InChI is InChI=1S/C13H20N2O2S2/c1-13(2,3)8-4-5-9(11(16)17)10(6-8)19-12-15-14-7-18-12/h7-10H,4-6H2,1-3H3,(H,16,17). The van der Waals surface area contributed by atoms with Crippen LogP contribution in [-0.2, 0) is 4.79 Å². The largest absolute Gasteiger partial charge is 0.481 e. The highest BCUT2D eigenvalue weighted by Crippen LogP contribution is 2.45. The van der Waals surface area contributed by atoms with Gasteiger partial charge in [-0.05, 0) is 30.6 Å². The number of aliphatic carboxylic acids is 1. The Hall–Kier alpha value is -0.620. The van der Waals surface area contributed by atoms with Crippen molar-refractivity contribution in [3.8, 4) is 0 Å². The average Bonchev–Trinajstić information content (AvgIpc) is 2.80. The highest BCUT2D eigenvalue weighted by atomic mass is 32.2. The maximum Gasteiger partial charge on any atom is 0.307 e. The van der Waals surface area contributed by atoms with Crippen LogP contribution in [0.3, 0.4) is 0 Å². The van der Waals surface area contributed by atoms with Gasteiger partial charge in [0.1, 0.15) is 5.51 Å². The van der Waals surface area contributed by atoms with E-state index in [1.165, 1.54) is 11.3 Å². The van der Waals surface area contributed by atoms with Crippen molar-refractivity contribution in [2.75, 3.05) is 0 Å². The van der Waals surface area contributed by atoms with Crippen LogP contribution in [0.4, 0.5) is 0 Å². The van der Waals surface area contributed by atoms with Crippen molar-refractivity contribution in [1.29, 1.82) is 0 Å². The second-order valence-electron chi connectivity index (χ2n) is 6.18. The predicted octanol–water partition coefficient (Wildman–Crippen LogP) is 3.55. The van der Waals surface area contributed by atoms with E-state index in [1.54, 1.807) is 17.3 Å². The molecular formula is C13H20N2O2S2. The molecule has 6 heteroatoms. The minimum Gasteiger partial charge on any atom is -0.481 e. The summed E-state index contributed by atoms with van der Waals surface area (Å²) in [6.07, 6.45) is 2.73. The molecule has 1 aliphatic rings. The van der Waals surface area contributed by atoms with Crippen LogP contribution in [0.25, 0.3) is 0 Å². The highest BCUT2D eigenvalue weighted by Gasteiger charge is 2.39. The fourth-order valence-electron chi connectivity index (χ4n) is 2.67. The monoisotopic (exact) mass is 300 g/mol. The Morgan fingerprint density at radius 3 is 2.74 bits per heavy atom. The van der Waals surface area contributed by atoms with Gasteiger partial charge < -0.3 is 5.11 Å². The molecule has 1 aliphatic carbocycles. The van der Waals surface area contributed by atoms with Gasteiger partial charge in [0.15, 0.2) is 4.34 Å². The van der Waals surface area contributed by atoms with Gasteiger partial charge in [-0.2, -0.15) is 0 Å². The fraction of sp³-hybridized carbons (Fsp3) is 0.769. The molecule has 1 aromatic rings. The van der Waals surface area contributed by atoms with Crippen LogP contribution < -0.4 is 0 Å². The first kappa shape index (κ1) is 14.8. The van der Waals surface area contributed by atoms with Crippen molar-refractivity contribution in [3.63, 3.8) is 0 Å². The third-order valence-electron chi connectivity index (χ3n) is 3.93. The second kappa shape index (κ2) is 5.79. The summed E-state index contributed by atoms with van der Waals surface area (Å²) in [7, 11) is 0. The third kappa shape index (κ3) is 3.69. The average molecular weight is 300 g/mol. The van der Waals surface area contributed by atoms with Gasteiger partial charge in [0, 0.05) is 5.25 Å². The SMILES string of the molecule is CC(C)(C)C1CCC(C(=O)O)C(Sc2nncs2)C1. The molecule has 106 valence electrons. The summed E-state index contributed by atoms with van der Waals surface area (Å²) < 4.78 is 0.880. The number of nitrogens with zero attached hydrogens (tertiary/aromatic N) is 2. The van der Waals surface area contributed by atoms with Gasteiger partial charge >= 0.3 is 5.97 Å². The van der Waals surface area contributed by atoms with E-state index in [9.17, 15) is 9.90 Å². The summed E-state index contributed by atoms with van der Waals surface area (Å²) >= 11 is 3.08. The van der Waals surface area contributed by atoms with E-state index in [0.717, 1.165) is 23.6 Å². The van der Waals surface area contributed by atoms with Crippen molar-refractivity contribution < 1.29 is 9.90 Å². The van der Waals surface area contributed by atoms with Gasteiger partial charge in [-0.15, -0.1) is 10.2 Å². The smallest absolute Gasteiger partial charge is 0.307 e. The molecule has 1 saturated carbocycles. The molecule has 3 unspecified atom stereocenters. The molecule has 0 saturated heterocycles. The van der Waals surface area contributed by atoms with Crippen LogP contribution in [0.1, 0.15) is 40.0 Å². The van der Waals surface area contributed by atoms with Gasteiger partial charge in [-0.1, -0.05) is 43.9 Å². The molecule has 4 nitrogen and oxygen atoms in total.